The molecule has 0 saturated carbocycles. The van der Waals surface area contributed by atoms with E-state index in [1.54, 1.807) is 6.08 Å². The van der Waals surface area contributed by atoms with Gasteiger partial charge in [-0.3, -0.25) is 9.36 Å². The number of phosphoric acid groups is 1. The van der Waals surface area contributed by atoms with Crippen molar-refractivity contribution in [2.24, 2.45) is 0 Å². The largest absolute Gasteiger partial charge is 0.756 e. The number of aliphatic hydroxyl groups excluding tert-OH is 1. The molecule has 0 radical (unpaired) electrons. The molecule has 3 atom stereocenters. The summed E-state index contributed by atoms with van der Waals surface area (Å²) in [6.45, 7) is 4.70. The van der Waals surface area contributed by atoms with E-state index in [1.807, 2.05) is 27.2 Å². The second-order valence-corrected chi connectivity index (χ2v) is 25.2. The molecule has 73 heavy (non-hydrogen) atoms. The van der Waals surface area contributed by atoms with Crippen LogP contribution in [0.5, 0.6) is 0 Å². The first-order chi connectivity index (χ1) is 35.5. The predicted molar refractivity (Wildman–Crippen MR) is 316 cm³/mol. The van der Waals surface area contributed by atoms with Crippen LogP contribution in [-0.2, 0) is 18.4 Å². The number of rotatable bonds is 61. The van der Waals surface area contributed by atoms with Gasteiger partial charge in [0, 0.05) is 6.42 Å². The van der Waals surface area contributed by atoms with Gasteiger partial charge >= 0.3 is 0 Å². The van der Waals surface area contributed by atoms with Gasteiger partial charge in [-0.1, -0.05) is 328 Å². The van der Waals surface area contributed by atoms with E-state index in [1.165, 1.54) is 283 Å². The van der Waals surface area contributed by atoms with E-state index in [4.69, 9.17) is 9.05 Å². The Kier molecular flexibility index (Phi) is 55.4. The van der Waals surface area contributed by atoms with Gasteiger partial charge in [-0.15, -0.1) is 0 Å². The van der Waals surface area contributed by atoms with Crippen molar-refractivity contribution < 1.29 is 32.9 Å². The van der Waals surface area contributed by atoms with Gasteiger partial charge in [0.2, 0.25) is 5.91 Å². The van der Waals surface area contributed by atoms with Crippen molar-refractivity contribution in [2.45, 2.75) is 353 Å². The van der Waals surface area contributed by atoms with Crippen LogP contribution in [0, 0.1) is 0 Å². The third-order valence-electron chi connectivity index (χ3n) is 15.2. The van der Waals surface area contributed by atoms with Crippen LogP contribution in [0.25, 0.3) is 0 Å². The highest BCUT2D eigenvalue weighted by molar-refractivity contribution is 7.45. The molecule has 0 spiro atoms. The Labute approximate surface area is 456 Å². The van der Waals surface area contributed by atoms with Crippen molar-refractivity contribution in [1.82, 2.24) is 5.32 Å². The van der Waals surface area contributed by atoms with Gasteiger partial charge in [-0.25, -0.2) is 0 Å². The minimum atomic E-state index is -4.59. The average molecular weight is 1050 g/mol. The summed E-state index contributed by atoms with van der Waals surface area (Å²) in [5, 5.41) is 13.9. The Bertz CT molecular complexity index is 1200. The Hall–Kier alpha value is -0.760. The number of unbranched alkanes of at least 4 members (excludes halogenated alkanes) is 48. The number of amides is 1. The molecular weight excluding hydrogens is 924 g/mol. The van der Waals surface area contributed by atoms with Crippen LogP contribution < -0.4 is 10.2 Å². The van der Waals surface area contributed by atoms with Gasteiger partial charge in [0.1, 0.15) is 13.2 Å². The lowest BCUT2D eigenvalue weighted by Gasteiger charge is -2.29. The lowest BCUT2D eigenvalue weighted by Crippen LogP contribution is -2.45. The quantitative estimate of drug-likeness (QED) is 0.0272. The van der Waals surface area contributed by atoms with E-state index in [2.05, 4.69) is 19.2 Å². The molecule has 0 aromatic carbocycles. The van der Waals surface area contributed by atoms with Crippen LogP contribution in [-0.4, -0.2) is 68.5 Å². The molecule has 3 unspecified atom stereocenters. The highest BCUT2D eigenvalue weighted by Gasteiger charge is 2.23. The second kappa shape index (κ2) is 56.0. The summed E-state index contributed by atoms with van der Waals surface area (Å²) in [6, 6.07) is -0.882. The zero-order valence-corrected chi connectivity index (χ0v) is 50.8. The molecule has 0 aromatic rings. The summed E-state index contributed by atoms with van der Waals surface area (Å²) < 4.78 is 23.4. The molecule has 0 heterocycles. The predicted octanol–water partition coefficient (Wildman–Crippen LogP) is 19.5. The lowest BCUT2D eigenvalue weighted by atomic mass is 10.0. The Balaban J connectivity index is 3.93. The van der Waals surface area contributed by atoms with E-state index in [9.17, 15) is 19.4 Å². The van der Waals surface area contributed by atoms with Crippen LogP contribution in [0.2, 0.25) is 0 Å². The minimum Gasteiger partial charge on any atom is -0.756 e. The fourth-order valence-corrected chi connectivity index (χ4v) is 10.9. The molecule has 436 valence electrons. The number of nitrogens with zero attached hydrogens (tertiary/aromatic N) is 1. The maximum absolute atomic E-state index is 13.0. The molecule has 1 amide bonds. The van der Waals surface area contributed by atoms with E-state index in [0.717, 1.165) is 38.5 Å². The molecule has 0 aliphatic carbocycles. The third-order valence-corrected chi connectivity index (χ3v) is 16.2. The molecule has 8 nitrogen and oxygen atoms in total. The number of hydrogen-bond donors (Lipinski definition) is 2. The van der Waals surface area contributed by atoms with Crippen molar-refractivity contribution in [3.63, 3.8) is 0 Å². The van der Waals surface area contributed by atoms with Crippen LogP contribution in [0.3, 0.4) is 0 Å². The standard InChI is InChI=1S/C64H129N2O6P/c1-6-8-10-12-14-16-18-20-22-24-25-26-27-28-29-30-31-32-33-34-35-36-37-38-39-40-41-42-44-46-48-50-52-54-56-58-64(68)65-62(61-72-73(69,70)71-60-59-66(3,4)5)63(67)57-55-53-51-49-47-45-43-23-21-19-17-15-13-11-9-7-2/h55,57,62-63,67H,6-54,56,58-61H2,1-5H3,(H-,65,68,69,70)/b57-55+. The number of allylic oxidation sites excluding steroid dienone is 1. The summed E-state index contributed by atoms with van der Waals surface area (Å²) in [5.74, 6) is -0.189. The van der Waals surface area contributed by atoms with Gasteiger partial charge in [-0.05, 0) is 19.3 Å². The van der Waals surface area contributed by atoms with Crippen LogP contribution >= 0.6 is 7.82 Å². The molecule has 0 aliphatic heterocycles. The molecule has 9 heteroatoms. The third kappa shape index (κ3) is 58.8. The normalized spacial score (nSPS) is 13.8. The first kappa shape index (κ1) is 72.2. The van der Waals surface area contributed by atoms with Crippen molar-refractivity contribution in [1.29, 1.82) is 0 Å². The summed E-state index contributed by atoms with van der Waals surface area (Å²) in [7, 11) is 1.28. The Morgan fingerprint density at radius 3 is 1.03 bits per heavy atom. The topological polar surface area (TPSA) is 108 Å². The highest BCUT2D eigenvalue weighted by Crippen LogP contribution is 2.38. The zero-order valence-electron chi connectivity index (χ0n) is 49.9. The number of carbonyl (C=O) groups excluding carboxylic acids is 1. The number of aliphatic hydroxyl groups is 1. The highest BCUT2D eigenvalue weighted by atomic mass is 31.2. The SMILES string of the molecule is CCCCCCCCCCCCCCCC/C=C/C(O)C(COP(=O)([O-])OCC[N+](C)(C)C)NC(=O)CCCCCCCCCCCCCCCCCCCCCCCCCCCCCCCCCCCCC. The smallest absolute Gasteiger partial charge is 0.268 e. The van der Waals surface area contributed by atoms with Gasteiger partial charge < -0.3 is 28.8 Å². The second-order valence-electron chi connectivity index (χ2n) is 23.8. The fourth-order valence-electron chi connectivity index (χ4n) is 10.2. The zero-order chi connectivity index (χ0) is 53.5. The Morgan fingerprint density at radius 1 is 0.466 bits per heavy atom. The number of nitrogens with one attached hydrogen (secondary N) is 1. The van der Waals surface area contributed by atoms with Crippen molar-refractivity contribution in [2.75, 3.05) is 40.9 Å². The number of phosphoric ester groups is 1. The molecule has 2 N–H and O–H groups in total. The molecule has 0 fully saturated rings. The van der Waals surface area contributed by atoms with Gasteiger partial charge in [0.15, 0.2) is 0 Å². The lowest BCUT2D eigenvalue weighted by molar-refractivity contribution is -0.870. The molecule has 0 saturated heterocycles. The molecule has 0 aliphatic rings. The fraction of sp³-hybridized carbons (Fsp3) is 0.953. The van der Waals surface area contributed by atoms with E-state index in [0.29, 0.717) is 17.4 Å². The first-order valence-corrected chi connectivity index (χ1v) is 34.0. The molecule has 0 rings (SSSR count). The Morgan fingerprint density at radius 2 is 0.740 bits per heavy atom. The number of quaternary nitrogens is 1. The van der Waals surface area contributed by atoms with Crippen molar-refractivity contribution in [3.8, 4) is 0 Å². The van der Waals surface area contributed by atoms with Crippen molar-refractivity contribution >= 4 is 13.7 Å². The van der Waals surface area contributed by atoms with Crippen LogP contribution in [0.1, 0.15) is 341 Å². The maximum Gasteiger partial charge on any atom is 0.268 e. The summed E-state index contributed by atoms with van der Waals surface area (Å²) in [5.41, 5.74) is 0. The summed E-state index contributed by atoms with van der Waals surface area (Å²) in [6.07, 6.45) is 70.4. The maximum atomic E-state index is 13.0. The molecule has 0 aromatic heterocycles. The van der Waals surface area contributed by atoms with Crippen LogP contribution in [0.15, 0.2) is 12.2 Å². The summed E-state index contributed by atoms with van der Waals surface area (Å²) in [4.78, 5) is 25.5. The minimum absolute atomic E-state index is 0.00268. The average Bonchev–Trinajstić information content (AvgIpc) is 3.35. The van der Waals surface area contributed by atoms with E-state index in [-0.39, 0.29) is 19.1 Å². The summed E-state index contributed by atoms with van der Waals surface area (Å²) >= 11 is 0. The number of carbonyl (C=O) groups is 1. The van der Waals surface area contributed by atoms with Crippen LogP contribution in [0.4, 0.5) is 0 Å². The van der Waals surface area contributed by atoms with E-state index < -0.39 is 20.0 Å². The van der Waals surface area contributed by atoms with E-state index >= 15 is 0 Å². The molecular formula is C64H129N2O6P. The monoisotopic (exact) mass is 1050 g/mol. The van der Waals surface area contributed by atoms with Gasteiger partial charge in [0.05, 0.1) is 39.9 Å². The molecule has 0 bridgehead atoms. The number of likely N-dealkylation sites (N-methyl/N-ethyl adjacent to an activating group) is 1. The van der Waals surface area contributed by atoms with Gasteiger partial charge in [-0.2, -0.15) is 0 Å². The first-order valence-electron chi connectivity index (χ1n) is 32.6. The van der Waals surface area contributed by atoms with Crippen molar-refractivity contribution in [3.05, 3.63) is 12.2 Å². The number of hydrogen-bond acceptors (Lipinski definition) is 6. The van der Waals surface area contributed by atoms with Gasteiger partial charge in [0.25, 0.3) is 7.82 Å².